The highest BCUT2D eigenvalue weighted by atomic mass is 16.3. The van der Waals surface area contributed by atoms with Gasteiger partial charge in [0.1, 0.15) is 22.3 Å². The molecule has 56 heavy (non-hydrogen) atoms. The Balaban J connectivity index is 1.22. The van der Waals surface area contributed by atoms with Gasteiger partial charge in [-0.15, -0.1) is 0 Å². The molecule has 12 rings (SSSR count). The zero-order chi connectivity index (χ0) is 51.5. The van der Waals surface area contributed by atoms with E-state index in [9.17, 15) is 8.22 Å². The maximum atomic E-state index is 9.62. The Morgan fingerprint density at radius 2 is 0.804 bits per heavy atom. The van der Waals surface area contributed by atoms with Gasteiger partial charge in [0, 0.05) is 21.5 Å². The third-order valence-corrected chi connectivity index (χ3v) is 10.5. The van der Waals surface area contributed by atoms with E-state index in [1.54, 1.807) is 24.3 Å². The molecule has 2 heterocycles. The van der Waals surface area contributed by atoms with Crippen LogP contribution >= 0.6 is 0 Å². The van der Waals surface area contributed by atoms with Gasteiger partial charge in [-0.25, -0.2) is 0 Å². The number of para-hydroxylation sites is 1. The minimum Gasteiger partial charge on any atom is -0.456 e. The van der Waals surface area contributed by atoms with Crippen LogP contribution in [0.3, 0.4) is 0 Å². The van der Waals surface area contributed by atoms with Crippen LogP contribution in [0.15, 0.2) is 203 Å². The maximum absolute atomic E-state index is 9.62. The Hall–Kier alpha value is -7.42. The summed E-state index contributed by atoms with van der Waals surface area (Å²) in [5.74, 6) is 0. The fourth-order valence-electron chi connectivity index (χ4n) is 8.22. The lowest BCUT2D eigenvalue weighted by Gasteiger charge is -2.21. The number of hydrogen-bond acceptors (Lipinski definition) is 2. The van der Waals surface area contributed by atoms with Crippen LogP contribution in [0.25, 0.3) is 121 Å². The summed E-state index contributed by atoms with van der Waals surface area (Å²) in [6.45, 7) is 0. The van der Waals surface area contributed by atoms with Crippen LogP contribution in [-0.2, 0) is 0 Å². The summed E-state index contributed by atoms with van der Waals surface area (Å²) in [6.07, 6.45) is 0. The first-order chi connectivity index (χ1) is 34.8. The maximum Gasteiger partial charge on any atom is 0.136 e. The van der Waals surface area contributed by atoms with E-state index in [1.807, 2.05) is 66.7 Å². The van der Waals surface area contributed by atoms with Crippen molar-refractivity contribution in [2.24, 2.45) is 0 Å². The summed E-state index contributed by atoms with van der Waals surface area (Å²) in [4.78, 5) is 0. The molecular weight excluding hydrogens is 681 g/mol. The standard InChI is InChI=1S/C54H32O2/c1-2-14-33(15-3-1)35-16-4-7-19-39(35)51-40-20-8-10-22-42(40)52(43-23-11-9-21-41(43)51)44-29-28-36(37-17-5-6-18-38(37)44)34-26-27-46-50(32-34)56-49-31-30-48-53(54(46)49)45-24-12-13-25-47(45)55-48/h1-32H/i1D,2D,3D,4D,7D,8D,9D,10D,11D,14D,15D,16D,19D,20D,21D,22D,23D. The number of fused-ring (bicyclic) bond motifs is 10. The first-order valence-corrected chi connectivity index (χ1v) is 17.8. The van der Waals surface area contributed by atoms with Crippen molar-refractivity contribution in [3.63, 3.8) is 0 Å². The van der Waals surface area contributed by atoms with Crippen LogP contribution in [0.2, 0.25) is 0 Å². The number of hydrogen-bond donors (Lipinski definition) is 0. The van der Waals surface area contributed by atoms with Crippen molar-refractivity contribution in [1.29, 1.82) is 0 Å². The van der Waals surface area contributed by atoms with E-state index < -0.39 is 136 Å². The zero-order valence-electron chi connectivity index (χ0n) is 46.0. The van der Waals surface area contributed by atoms with E-state index >= 15 is 0 Å². The molecule has 260 valence electrons. The van der Waals surface area contributed by atoms with E-state index in [4.69, 9.17) is 23.9 Å². The topological polar surface area (TPSA) is 26.3 Å². The number of benzene rings is 10. The molecule has 0 bridgehead atoms. The summed E-state index contributed by atoms with van der Waals surface area (Å²) in [5.41, 5.74) is 2.04. The van der Waals surface area contributed by atoms with Crippen molar-refractivity contribution in [1.82, 2.24) is 0 Å². The van der Waals surface area contributed by atoms with Crippen molar-refractivity contribution in [3.05, 3.63) is 194 Å². The molecule has 12 aromatic rings. The van der Waals surface area contributed by atoms with Gasteiger partial charge in [-0.3, -0.25) is 0 Å². The van der Waals surface area contributed by atoms with Crippen LogP contribution in [0.5, 0.6) is 0 Å². The summed E-state index contributed by atoms with van der Waals surface area (Å²) >= 11 is 0. The van der Waals surface area contributed by atoms with Gasteiger partial charge in [0.15, 0.2) is 0 Å². The largest absolute Gasteiger partial charge is 0.456 e. The molecule has 0 unspecified atom stereocenters. The molecule has 10 aromatic carbocycles. The predicted molar refractivity (Wildman–Crippen MR) is 235 cm³/mol. The average Bonchev–Trinajstić information content (AvgIpc) is 3.97. The minimum atomic E-state index is -0.868. The Morgan fingerprint density at radius 1 is 0.304 bits per heavy atom. The minimum absolute atomic E-state index is 0.0372. The van der Waals surface area contributed by atoms with E-state index in [0.717, 1.165) is 38.3 Å². The summed E-state index contributed by atoms with van der Waals surface area (Å²) < 4.78 is 167. The molecule has 0 amide bonds. The average molecular weight is 730 g/mol. The lowest BCUT2D eigenvalue weighted by atomic mass is 9.82. The molecule has 0 spiro atoms. The molecule has 2 nitrogen and oxygen atoms in total. The molecule has 2 heteroatoms. The van der Waals surface area contributed by atoms with Crippen LogP contribution in [0.1, 0.15) is 23.3 Å². The molecule has 2 aromatic heterocycles. The second-order valence-electron chi connectivity index (χ2n) is 13.4. The van der Waals surface area contributed by atoms with Crippen molar-refractivity contribution < 1.29 is 32.1 Å². The molecule has 0 N–H and O–H groups in total. The molecule has 0 atom stereocenters. The van der Waals surface area contributed by atoms with Gasteiger partial charge in [-0.2, -0.15) is 0 Å². The molecule has 0 radical (unpaired) electrons. The Bertz CT molecular complexity index is 4430. The van der Waals surface area contributed by atoms with Crippen LogP contribution in [-0.4, -0.2) is 0 Å². The molecule has 0 saturated carbocycles. The summed E-state index contributed by atoms with van der Waals surface area (Å²) in [6, 6.07) is 14.7. The second kappa shape index (κ2) is 12.0. The highest BCUT2D eigenvalue weighted by molar-refractivity contribution is 6.27. The van der Waals surface area contributed by atoms with Crippen LogP contribution in [0.4, 0.5) is 0 Å². The van der Waals surface area contributed by atoms with E-state index in [1.165, 1.54) is 0 Å². The van der Waals surface area contributed by atoms with Gasteiger partial charge in [-0.05, 0) is 107 Å². The first kappa shape index (κ1) is 18.8. The van der Waals surface area contributed by atoms with Crippen molar-refractivity contribution in [2.45, 2.75) is 0 Å². The Labute approximate surface area is 346 Å². The summed E-state index contributed by atoms with van der Waals surface area (Å²) in [5, 5.41) is 3.44. The van der Waals surface area contributed by atoms with Crippen LogP contribution < -0.4 is 0 Å². The normalized spacial score (nSPS) is 16.2. The third-order valence-electron chi connectivity index (χ3n) is 10.5. The first-order valence-electron chi connectivity index (χ1n) is 26.3. The molecule has 0 aliphatic heterocycles. The number of furan rings is 2. The highest BCUT2D eigenvalue weighted by Crippen LogP contribution is 2.48. The molecule has 0 fully saturated rings. The van der Waals surface area contributed by atoms with Crippen molar-refractivity contribution >= 4 is 76.2 Å². The van der Waals surface area contributed by atoms with E-state index in [0.29, 0.717) is 27.5 Å². The van der Waals surface area contributed by atoms with E-state index in [-0.39, 0.29) is 21.9 Å². The SMILES string of the molecule is [2H]c1c([2H])c([2H])c(-c2c([2H])c([2H])c([2H])c([2H])c2-c2c3c([2H])c([2H])c([2H])c([2H])c3c(-c3ccc(-c4ccc5c(c4)oc4ccc6oc7ccccc7c6c45)c4ccccc34)c3c([2H])c([2H])c([2H])c([2H])c23)c([2H])c1[2H]. The summed E-state index contributed by atoms with van der Waals surface area (Å²) in [7, 11) is 0. The second-order valence-corrected chi connectivity index (χ2v) is 13.4. The molecular formula is C54H32O2. The molecule has 0 saturated heterocycles. The lowest BCUT2D eigenvalue weighted by molar-refractivity contribution is 0.663. The Morgan fingerprint density at radius 3 is 1.48 bits per heavy atom. The van der Waals surface area contributed by atoms with Crippen molar-refractivity contribution in [3.8, 4) is 44.5 Å². The fraction of sp³-hybridized carbons (Fsp3) is 0. The lowest BCUT2D eigenvalue weighted by Crippen LogP contribution is -1.93. The Kier molecular flexibility index (Phi) is 4.03. The third kappa shape index (κ3) is 4.50. The number of rotatable bonds is 4. The van der Waals surface area contributed by atoms with Gasteiger partial charge < -0.3 is 8.83 Å². The fourth-order valence-corrected chi connectivity index (χ4v) is 8.22. The monoisotopic (exact) mass is 729 g/mol. The van der Waals surface area contributed by atoms with Crippen molar-refractivity contribution in [2.75, 3.05) is 0 Å². The van der Waals surface area contributed by atoms with Crippen LogP contribution in [0, 0.1) is 0 Å². The highest BCUT2D eigenvalue weighted by Gasteiger charge is 2.21. The van der Waals surface area contributed by atoms with Gasteiger partial charge in [0.25, 0.3) is 0 Å². The predicted octanol–water partition coefficient (Wildman–Crippen LogP) is 15.6. The van der Waals surface area contributed by atoms with E-state index in [2.05, 4.69) is 0 Å². The van der Waals surface area contributed by atoms with Gasteiger partial charge in [0.2, 0.25) is 0 Å². The zero-order valence-corrected chi connectivity index (χ0v) is 29.0. The van der Waals surface area contributed by atoms with Gasteiger partial charge >= 0.3 is 0 Å². The van der Waals surface area contributed by atoms with Gasteiger partial charge in [-0.1, -0.05) is 163 Å². The quantitative estimate of drug-likeness (QED) is 0.169. The molecule has 0 aliphatic carbocycles. The smallest absolute Gasteiger partial charge is 0.136 e. The molecule has 0 aliphatic rings. The van der Waals surface area contributed by atoms with Gasteiger partial charge in [0.05, 0.1) is 23.3 Å².